The predicted octanol–water partition coefficient (Wildman–Crippen LogP) is 5.25. The summed E-state index contributed by atoms with van der Waals surface area (Å²) in [5.41, 5.74) is 3.10. The van der Waals surface area contributed by atoms with Crippen molar-refractivity contribution < 1.29 is 13.6 Å². The monoisotopic (exact) mass is 463 g/mol. The fourth-order valence-corrected chi connectivity index (χ4v) is 4.54. The van der Waals surface area contributed by atoms with Gasteiger partial charge in [-0.25, -0.2) is 23.5 Å². The number of hydrogen-bond donors (Lipinski definition) is 1. The molecule has 3 heterocycles. The summed E-state index contributed by atoms with van der Waals surface area (Å²) in [5, 5.41) is 2.68. The van der Waals surface area contributed by atoms with Crippen molar-refractivity contribution in [3.8, 4) is 11.4 Å². The Bertz CT molecular complexity index is 1200. The summed E-state index contributed by atoms with van der Waals surface area (Å²) in [4.78, 5) is 26.8. The van der Waals surface area contributed by atoms with Gasteiger partial charge in [0.05, 0.1) is 12.2 Å². The Hall–Kier alpha value is -3.55. The van der Waals surface area contributed by atoms with Crippen molar-refractivity contribution >= 4 is 17.5 Å². The van der Waals surface area contributed by atoms with Gasteiger partial charge in [0.25, 0.3) is 0 Å². The van der Waals surface area contributed by atoms with Crippen LogP contribution in [0.15, 0.2) is 48.5 Å². The number of halogens is 2. The van der Waals surface area contributed by atoms with E-state index in [0.717, 1.165) is 60.7 Å². The van der Waals surface area contributed by atoms with Crippen LogP contribution in [0.5, 0.6) is 0 Å². The molecule has 1 fully saturated rings. The van der Waals surface area contributed by atoms with Crippen molar-refractivity contribution in [2.75, 3.05) is 29.9 Å². The van der Waals surface area contributed by atoms with Gasteiger partial charge in [-0.05, 0) is 30.9 Å². The molecule has 0 atom stereocenters. The Labute approximate surface area is 197 Å². The average Bonchev–Trinajstić information content (AvgIpc) is 2.86. The van der Waals surface area contributed by atoms with E-state index in [9.17, 15) is 13.6 Å². The van der Waals surface area contributed by atoms with Crippen molar-refractivity contribution in [2.45, 2.75) is 32.7 Å². The molecule has 0 spiro atoms. The number of fused-ring (bicyclic) bond motifs is 1. The molecule has 1 aromatic heterocycles. The second-order valence-electron chi connectivity index (χ2n) is 9.06. The average molecular weight is 464 g/mol. The van der Waals surface area contributed by atoms with Gasteiger partial charge in [0.2, 0.25) is 0 Å². The molecule has 34 heavy (non-hydrogen) atoms. The number of urea groups is 1. The molecule has 2 aliphatic rings. The molecule has 5 rings (SSSR count). The van der Waals surface area contributed by atoms with Crippen LogP contribution in [-0.2, 0) is 13.0 Å². The number of amides is 2. The molecule has 0 saturated carbocycles. The third-order valence-corrected chi connectivity index (χ3v) is 6.61. The van der Waals surface area contributed by atoms with E-state index in [1.165, 1.54) is 6.07 Å². The van der Waals surface area contributed by atoms with Crippen LogP contribution < -0.4 is 10.2 Å². The Balaban J connectivity index is 1.44. The third-order valence-electron chi connectivity index (χ3n) is 6.61. The first kappa shape index (κ1) is 22.3. The molecule has 8 heteroatoms. The van der Waals surface area contributed by atoms with Crippen LogP contribution in [0.2, 0.25) is 0 Å². The van der Waals surface area contributed by atoms with E-state index >= 15 is 0 Å². The van der Waals surface area contributed by atoms with Crippen molar-refractivity contribution in [3.05, 3.63) is 71.4 Å². The molecule has 2 aromatic carbocycles. The first-order chi connectivity index (χ1) is 16.5. The van der Waals surface area contributed by atoms with Crippen molar-refractivity contribution in [1.29, 1.82) is 0 Å². The zero-order chi connectivity index (χ0) is 23.7. The molecule has 0 unspecified atom stereocenters. The van der Waals surface area contributed by atoms with Crippen LogP contribution >= 0.6 is 0 Å². The van der Waals surface area contributed by atoms with E-state index in [-0.39, 0.29) is 11.7 Å². The first-order valence-electron chi connectivity index (χ1n) is 11.7. The predicted molar refractivity (Wildman–Crippen MR) is 128 cm³/mol. The number of carbonyl (C=O) groups is 1. The number of aromatic nitrogens is 2. The summed E-state index contributed by atoms with van der Waals surface area (Å²) in [6.07, 6.45) is 2.79. The second-order valence-corrected chi connectivity index (χ2v) is 9.06. The lowest BCUT2D eigenvalue weighted by atomic mass is 9.98. The first-order valence-corrected chi connectivity index (χ1v) is 11.7. The number of nitrogens with one attached hydrogen (secondary N) is 1. The lowest BCUT2D eigenvalue weighted by Gasteiger charge is -2.36. The Morgan fingerprint density at radius 1 is 1.00 bits per heavy atom. The molecule has 0 radical (unpaired) electrons. The standard InChI is InChI=1S/C26H27F2N5O/c1-17-9-12-32(13-10-17)25-20-16-33(26(34)29-19-7-8-21(27)22(28)15-19)14-11-23(20)30-24(31-25)18-5-3-2-4-6-18/h2-8,15,17H,9-14,16H2,1H3,(H,29,34). The number of rotatable bonds is 3. The zero-order valence-corrected chi connectivity index (χ0v) is 19.1. The maximum atomic E-state index is 13.6. The minimum absolute atomic E-state index is 0.218. The van der Waals surface area contributed by atoms with Gasteiger partial charge in [-0.3, -0.25) is 0 Å². The lowest BCUT2D eigenvalue weighted by Crippen LogP contribution is -2.41. The molecule has 6 nitrogen and oxygen atoms in total. The molecular weight excluding hydrogens is 436 g/mol. The highest BCUT2D eigenvalue weighted by atomic mass is 19.2. The molecule has 1 N–H and O–H groups in total. The number of anilines is 2. The topological polar surface area (TPSA) is 61.4 Å². The largest absolute Gasteiger partial charge is 0.356 e. The van der Waals surface area contributed by atoms with Gasteiger partial charge in [-0.1, -0.05) is 37.3 Å². The van der Waals surface area contributed by atoms with Gasteiger partial charge in [-0.2, -0.15) is 0 Å². The number of benzene rings is 2. The van der Waals surface area contributed by atoms with Crippen LogP contribution in [-0.4, -0.2) is 40.5 Å². The van der Waals surface area contributed by atoms with E-state index in [2.05, 4.69) is 17.1 Å². The van der Waals surface area contributed by atoms with Gasteiger partial charge in [0, 0.05) is 48.9 Å². The smallest absolute Gasteiger partial charge is 0.322 e. The highest BCUT2D eigenvalue weighted by Gasteiger charge is 2.29. The van der Waals surface area contributed by atoms with E-state index < -0.39 is 11.6 Å². The maximum Gasteiger partial charge on any atom is 0.322 e. The summed E-state index contributed by atoms with van der Waals surface area (Å²) in [6.45, 7) is 4.94. The van der Waals surface area contributed by atoms with E-state index in [1.54, 1.807) is 4.90 Å². The van der Waals surface area contributed by atoms with Gasteiger partial charge in [0.15, 0.2) is 17.5 Å². The van der Waals surface area contributed by atoms with E-state index in [4.69, 9.17) is 9.97 Å². The quantitative estimate of drug-likeness (QED) is 0.577. The SMILES string of the molecule is CC1CCN(c2nc(-c3ccccc3)nc3c2CN(C(=O)Nc2ccc(F)c(F)c2)CC3)CC1. The molecule has 176 valence electrons. The minimum atomic E-state index is -0.995. The fourth-order valence-electron chi connectivity index (χ4n) is 4.54. The van der Waals surface area contributed by atoms with Crippen LogP contribution in [0.4, 0.5) is 25.1 Å². The molecule has 3 aromatic rings. The van der Waals surface area contributed by atoms with Crippen LogP contribution in [0.1, 0.15) is 31.0 Å². The summed E-state index contributed by atoms with van der Waals surface area (Å²) < 4.78 is 26.8. The zero-order valence-electron chi connectivity index (χ0n) is 19.1. The normalized spacial score (nSPS) is 16.3. The van der Waals surface area contributed by atoms with Gasteiger partial charge >= 0.3 is 6.03 Å². The lowest BCUT2D eigenvalue weighted by molar-refractivity contribution is 0.206. The van der Waals surface area contributed by atoms with Gasteiger partial charge < -0.3 is 15.1 Å². The molecule has 2 amide bonds. The summed E-state index contributed by atoms with van der Waals surface area (Å²) >= 11 is 0. The Kier molecular flexibility index (Phi) is 6.13. The van der Waals surface area contributed by atoms with Crippen LogP contribution in [0, 0.1) is 17.6 Å². The molecule has 0 bridgehead atoms. The Morgan fingerprint density at radius 2 is 1.76 bits per heavy atom. The molecule has 1 saturated heterocycles. The van der Waals surface area contributed by atoms with Crippen molar-refractivity contribution in [3.63, 3.8) is 0 Å². The highest BCUT2D eigenvalue weighted by molar-refractivity contribution is 5.89. The highest BCUT2D eigenvalue weighted by Crippen LogP contribution is 2.32. The molecule has 2 aliphatic heterocycles. The maximum absolute atomic E-state index is 13.6. The summed E-state index contributed by atoms with van der Waals surface area (Å²) in [6, 6.07) is 12.9. The molecule has 0 aliphatic carbocycles. The van der Waals surface area contributed by atoms with Crippen LogP contribution in [0.25, 0.3) is 11.4 Å². The third kappa shape index (κ3) is 4.58. The number of carbonyl (C=O) groups excluding carboxylic acids is 1. The van der Waals surface area contributed by atoms with Gasteiger partial charge in [-0.15, -0.1) is 0 Å². The van der Waals surface area contributed by atoms with Gasteiger partial charge in [0.1, 0.15) is 5.82 Å². The second kappa shape index (κ2) is 9.37. The fraction of sp³-hybridized carbons (Fsp3) is 0.346. The van der Waals surface area contributed by atoms with Crippen molar-refractivity contribution in [1.82, 2.24) is 14.9 Å². The number of piperidine rings is 1. The van der Waals surface area contributed by atoms with Crippen LogP contribution in [0.3, 0.4) is 0 Å². The Morgan fingerprint density at radius 3 is 2.50 bits per heavy atom. The summed E-state index contributed by atoms with van der Waals surface area (Å²) in [5.74, 6) is 0.330. The number of nitrogens with zero attached hydrogens (tertiary/aromatic N) is 4. The van der Waals surface area contributed by atoms with E-state index in [1.807, 2.05) is 30.3 Å². The minimum Gasteiger partial charge on any atom is -0.356 e. The van der Waals surface area contributed by atoms with E-state index in [0.29, 0.717) is 31.3 Å². The molecular formula is C26H27F2N5O. The number of hydrogen-bond acceptors (Lipinski definition) is 4. The van der Waals surface area contributed by atoms with Crippen molar-refractivity contribution in [2.24, 2.45) is 5.92 Å². The summed E-state index contributed by atoms with van der Waals surface area (Å²) in [7, 11) is 0.